The minimum Gasteiger partial charge on any atom is -0.325 e. The maximum Gasteiger partial charge on any atom is 0.218 e. The molecule has 82 valence electrons. The van der Waals surface area contributed by atoms with Crippen molar-refractivity contribution in [2.24, 2.45) is 5.73 Å². The normalized spacial score (nSPS) is 18.7. The first-order valence-electron chi connectivity index (χ1n) is 4.85. The lowest BCUT2D eigenvalue weighted by Gasteiger charge is -2.35. The van der Waals surface area contributed by atoms with Crippen molar-refractivity contribution in [1.82, 2.24) is 4.31 Å². The van der Waals surface area contributed by atoms with E-state index in [-0.39, 0.29) is 11.8 Å². The predicted octanol–water partition coefficient (Wildman–Crippen LogP) is 0.159. The topological polar surface area (TPSA) is 63.4 Å². The summed E-state index contributed by atoms with van der Waals surface area (Å²) in [5.41, 5.74) is 6.37. The Morgan fingerprint density at radius 3 is 2.40 bits per heavy atom. The second-order valence-electron chi connectivity index (χ2n) is 3.82. The molecule has 2 rings (SSSR count). The third kappa shape index (κ3) is 2.37. The SMILES string of the molecule is NC1CN(S(=O)(=O)Cc2ccccc2)C1. The summed E-state index contributed by atoms with van der Waals surface area (Å²) < 4.78 is 25.0. The van der Waals surface area contributed by atoms with Crippen molar-refractivity contribution in [3.8, 4) is 0 Å². The molecule has 0 aliphatic carbocycles. The van der Waals surface area contributed by atoms with E-state index in [1.807, 2.05) is 30.3 Å². The third-order valence-corrected chi connectivity index (χ3v) is 4.24. The lowest BCUT2D eigenvalue weighted by atomic mass is 10.2. The lowest BCUT2D eigenvalue weighted by molar-refractivity contribution is 0.265. The molecule has 1 fully saturated rings. The molecular weight excluding hydrogens is 212 g/mol. The molecule has 0 aromatic heterocycles. The summed E-state index contributed by atoms with van der Waals surface area (Å²) in [6, 6.07) is 9.19. The maximum absolute atomic E-state index is 11.8. The van der Waals surface area contributed by atoms with Gasteiger partial charge in [0.1, 0.15) is 0 Å². The smallest absolute Gasteiger partial charge is 0.218 e. The minimum absolute atomic E-state index is 0.00977. The van der Waals surface area contributed by atoms with Gasteiger partial charge in [0.2, 0.25) is 10.0 Å². The van der Waals surface area contributed by atoms with Gasteiger partial charge in [0.05, 0.1) is 5.75 Å². The van der Waals surface area contributed by atoms with Crippen LogP contribution in [0.2, 0.25) is 0 Å². The van der Waals surface area contributed by atoms with Crippen LogP contribution in [-0.2, 0) is 15.8 Å². The number of rotatable bonds is 3. The molecule has 0 spiro atoms. The first-order valence-corrected chi connectivity index (χ1v) is 6.46. The Bertz CT molecular complexity index is 424. The second kappa shape index (κ2) is 3.92. The van der Waals surface area contributed by atoms with Gasteiger partial charge in [-0.3, -0.25) is 0 Å². The van der Waals surface area contributed by atoms with Crippen molar-refractivity contribution < 1.29 is 8.42 Å². The van der Waals surface area contributed by atoms with E-state index in [9.17, 15) is 8.42 Å². The van der Waals surface area contributed by atoms with Crippen molar-refractivity contribution in [2.75, 3.05) is 13.1 Å². The summed E-state index contributed by atoms with van der Waals surface area (Å²) in [6.07, 6.45) is 0. The zero-order chi connectivity index (χ0) is 10.9. The Hall–Kier alpha value is -0.910. The van der Waals surface area contributed by atoms with E-state index in [4.69, 9.17) is 5.73 Å². The van der Waals surface area contributed by atoms with Gasteiger partial charge >= 0.3 is 0 Å². The van der Waals surface area contributed by atoms with Gasteiger partial charge in [0.25, 0.3) is 0 Å². The molecule has 1 aliphatic heterocycles. The Morgan fingerprint density at radius 1 is 1.27 bits per heavy atom. The molecule has 0 bridgehead atoms. The van der Waals surface area contributed by atoms with Gasteiger partial charge in [0, 0.05) is 19.1 Å². The van der Waals surface area contributed by atoms with Gasteiger partial charge < -0.3 is 5.73 Å². The minimum atomic E-state index is -3.16. The van der Waals surface area contributed by atoms with Gasteiger partial charge in [0.15, 0.2) is 0 Å². The number of benzene rings is 1. The Morgan fingerprint density at radius 2 is 1.87 bits per heavy atom. The standard InChI is InChI=1S/C10H14N2O2S/c11-10-6-12(7-10)15(13,14)8-9-4-2-1-3-5-9/h1-5,10H,6-8,11H2. The largest absolute Gasteiger partial charge is 0.325 e. The van der Waals surface area contributed by atoms with Crippen molar-refractivity contribution in [2.45, 2.75) is 11.8 Å². The summed E-state index contributed by atoms with van der Waals surface area (Å²) in [7, 11) is -3.16. The number of hydrogen-bond donors (Lipinski definition) is 1. The first-order chi connectivity index (χ1) is 7.08. The molecule has 5 heteroatoms. The highest BCUT2D eigenvalue weighted by Gasteiger charge is 2.33. The van der Waals surface area contributed by atoms with E-state index in [0.717, 1.165) is 5.56 Å². The molecule has 15 heavy (non-hydrogen) atoms. The van der Waals surface area contributed by atoms with Crippen LogP contribution in [0, 0.1) is 0 Å². The van der Waals surface area contributed by atoms with Gasteiger partial charge in [-0.15, -0.1) is 0 Å². The van der Waals surface area contributed by atoms with Crippen LogP contribution in [0.1, 0.15) is 5.56 Å². The van der Waals surface area contributed by atoms with Crippen LogP contribution in [0.4, 0.5) is 0 Å². The van der Waals surface area contributed by atoms with E-state index in [2.05, 4.69) is 0 Å². The van der Waals surface area contributed by atoms with Crippen LogP contribution in [0.3, 0.4) is 0 Å². The average Bonchev–Trinajstić information content (AvgIpc) is 2.14. The summed E-state index contributed by atoms with van der Waals surface area (Å²) in [6.45, 7) is 0.907. The highest BCUT2D eigenvalue weighted by Crippen LogP contribution is 2.16. The molecule has 1 aromatic carbocycles. The van der Waals surface area contributed by atoms with Crippen LogP contribution >= 0.6 is 0 Å². The number of nitrogens with two attached hydrogens (primary N) is 1. The summed E-state index contributed by atoms with van der Waals surface area (Å²) >= 11 is 0. The summed E-state index contributed by atoms with van der Waals surface area (Å²) in [5.74, 6) is 0.0700. The fraction of sp³-hybridized carbons (Fsp3) is 0.400. The van der Waals surface area contributed by atoms with Crippen LogP contribution in [-0.4, -0.2) is 31.9 Å². The van der Waals surface area contributed by atoms with Crippen LogP contribution in [0.5, 0.6) is 0 Å². The Balaban J connectivity index is 2.06. The highest BCUT2D eigenvalue weighted by atomic mass is 32.2. The number of nitrogens with zero attached hydrogens (tertiary/aromatic N) is 1. The zero-order valence-corrected chi connectivity index (χ0v) is 9.15. The van der Waals surface area contributed by atoms with Crippen LogP contribution in [0.25, 0.3) is 0 Å². The monoisotopic (exact) mass is 226 g/mol. The lowest BCUT2D eigenvalue weighted by Crippen LogP contribution is -2.57. The Labute approximate surface area is 89.7 Å². The summed E-state index contributed by atoms with van der Waals surface area (Å²) in [4.78, 5) is 0. The fourth-order valence-electron chi connectivity index (χ4n) is 1.57. The molecule has 0 unspecified atom stereocenters. The molecule has 1 aliphatic rings. The van der Waals surface area contributed by atoms with E-state index in [1.54, 1.807) is 0 Å². The van der Waals surface area contributed by atoms with E-state index >= 15 is 0 Å². The molecule has 0 amide bonds. The van der Waals surface area contributed by atoms with Crippen molar-refractivity contribution >= 4 is 10.0 Å². The van der Waals surface area contributed by atoms with E-state index in [0.29, 0.717) is 13.1 Å². The van der Waals surface area contributed by atoms with Gasteiger partial charge in [-0.25, -0.2) is 8.42 Å². The molecule has 0 atom stereocenters. The first kappa shape index (κ1) is 10.6. The van der Waals surface area contributed by atoms with Crippen molar-refractivity contribution in [3.63, 3.8) is 0 Å². The quantitative estimate of drug-likeness (QED) is 0.798. The summed E-state index contributed by atoms with van der Waals surface area (Å²) in [5, 5.41) is 0. The zero-order valence-electron chi connectivity index (χ0n) is 8.33. The molecule has 4 nitrogen and oxygen atoms in total. The third-order valence-electron chi connectivity index (χ3n) is 2.46. The molecule has 2 N–H and O–H groups in total. The van der Waals surface area contributed by atoms with Crippen molar-refractivity contribution in [1.29, 1.82) is 0 Å². The second-order valence-corrected chi connectivity index (χ2v) is 5.79. The number of hydrogen-bond acceptors (Lipinski definition) is 3. The maximum atomic E-state index is 11.8. The van der Waals surface area contributed by atoms with Crippen LogP contribution in [0.15, 0.2) is 30.3 Å². The average molecular weight is 226 g/mol. The molecule has 0 saturated carbocycles. The van der Waals surface area contributed by atoms with Gasteiger partial charge in [-0.05, 0) is 5.56 Å². The van der Waals surface area contributed by atoms with Gasteiger partial charge in [-0.1, -0.05) is 30.3 Å². The fourth-order valence-corrected chi connectivity index (χ4v) is 3.21. The van der Waals surface area contributed by atoms with E-state index in [1.165, 1.54) is 4.31 Å². The van der Waals surface area contributed by atoms with Gasteiger partial charge in [-0.2, -0.15) is 4.31 Å². The molecule has 0 radical (unpaired) electrons. The van der Waals surface area contributed by atoms with Crippen LogP contribution < -0.4 is 5.73 Å². The molecule has 1 heterocycles. The molecular formula is C10H14N2O2S. The number of sulfonamides is 1. The Kier molecular flexibility index (Phi) is 2.77. The molecule has 1 saturated heterocycles. The molecule has 1 aromatic rings. The van der Waals surface area contributed by atoms with E-state index < -0.39 is 10.0 Å². The highest BCUT2D eigenvalue weighted by molar-refractivity contribution is 7.88. The van der Waals surface area contributed by atoms with Crippen molar-refractivity contribution in [3.05, 3.63) is 35.9 Å². The predicted molar refractivity (Wildman–Crippen MR) is 58.6 cm³/mol.